The molecule has 0 aliphatic heterocycles. The van der Waals surface area contributed by atoms with Gasteiger partial charge in [-0.15, -0.1) is 0 Å². The van der Waals surface area contributed by atoms with Crippen LogP contribution in [0.5, 0.6) is 0 Å². The molecular weight excluding hydrogens is 115 g/mol. The number of hydrogen-bond acceptors (Lipinski definition) is 1. The largest absolute Gasteiger partial charge is 0.724 e. The molecule has 0 saturated heterocycles. The molecule has 3 heteroatoms. The molecule has 0 N–H and O–H groups in total. The monoisotopic (exact) mass is 119 g/mol. The summed E-state index contributed by atoms with van der Waals surface area (Å²) >= 11 is 0. The summed E-state index contributed by atoms with van der Waals surface area (Å²) in [5.74, 6) is 0. The summed E-state index contributed by atoms with van der Waals surface area (Å²) in [4.78, 5) is 8.24. The summed E-state index contributed by atoms with van der Waals surface area (Å²) in [5.41, 5.74) is 0. The van der Waals surface area contributed by atoms with E-state index in [2.05, 4.69) is 0 Å². The van der Waals surface area contributed by atoms with Gasteiger partial charge in [0.2, 0.25) is 0 Å². The van der Waals surface area contributed by atoms with Crippen LogP contribution >= 0.6 is 0 Å². The van der Waals surface area contributed by atoms with Crippen molar-refractivity contribution in [1.29, 1.82) is 0 Å². The van der Waals surface area contributed by atoms with Crippen LogP contribution in [-0.2, 0) is 4.79 Å². The van der Waals surface area contributed by atoms with Crippen LogP contribution in [0.25, 0.3) is 5.41 Å². The van der Waals surface area contributed by atoms with Crippen LogP contribution in [0.1, 0.15) is 0 Å². The maximum absolute atomic E-state index is 8.24. The van der Waals surface area contributed by atoms with Crippen LogP contribution in [0.2, 0.25) is 0 Å². The first kappa shape index (κ1) is 9.06. The summed E-state index contributed by atoms with van der Waals surface area (Å²) in [6.07, 6.45) is 0.500. The predicted octanol–water partition coefficient (Wildman–Crippen LogP) is -1.29. The van der Waals surface area contributed by atoms with Crippen LogP contribution in [0.4, 0.5) is 0 Å². The Morgan fingerprint density at radius 2 is 1.75 bits per heavy atom. The van der Waals surface area contributed by atoms with Crippen molar-refractivity contribution in [1.82, 2.24) is 0 Å². The van der Waals surface area contributed by atoms with Crippen molar-refractivity contribution >= 4 is 23.7 Å². The van der Waals surface area contributed by atoms with Gasteiger partial charge in [-0.2, -0.15) is 0 Å². The minimum atomic E-state index is 0. The van der Waals surface area contributed by atoms with E-state index in [0.717, 1.165) is 0 Å². The third-order valence-corrected chi connectivity index (χ3v) is 0. The topological polar surface area (TPSA) is 39.4 Å². The number of hydrogen-bond donors (Lipinski definition) is 0. The van der Waals surface area contributed by atoms with E-state index in [1.165, 1.54) is 0 Å². The normalized spacial score (nSPS) is 2.00. The second-order valence-corrected chi connectivity index (χ2v) is 0.0913. The quantitative estimate of drug-likeness (QED) is 0.221. The Morgan fingerprint density at radius 3 is 1.75 bits per heavy atom. The van der Waals surface area contributed by atoms with Gasteiger partial charge in [0, 0.05) is 0 Å². The first-order valence-electron chi connectivity index (χ1n) is 0.428. The second-order valence-electron chi connectivity index (χ2n) is 0.0913. The average molecular weight is 118 g/mol. The number of isocyanates is 1. The minimum Gasteiger partial charge on any atom is -0.724 e. The Labute approximate surface area is 34.7 Å². The van der Waals surface area contributed by atoms with Crippen molar-refractivity contribution < 1.29 is 4.79 Å². The molecule has 23 valence electrons. The molecule has 0 atom stereocenters. The van der Waals surface area contributed by atoms with Crippen molar-refractivity contribution in [3.8, 4) is 0 Å². The Hall–Kier alpha value is -0.0771. The van der Waals surface area contributed by atoms with E-state index < -0.39 is 0 Å². The van der Waals surface area contributed by atoms with Gasteiger partial charge in [-0.1, -0.05) is 0 Å². The summed E-state index contributed by atoms with van der Waals surface area (Å²) in [5, 5.41) is 6.76. The summed E-state index contributed by atoms with van der Waals surface area (Å²) in [6, 6.07) is 0. The van der Waals surface area contributed by atoms with E-state index >= 15 is 0 Å². The zero-order chi connectivity index (χ0) is 2.71. The predicted molar refractivity (Wildman–Crippen MR) is 19.0 cm³/mol. The molecule has 4 heavy (non-hydrogen) atoms. The van der Waals surface area contributed by atoms with Gasteiger partial charge in [-0.05, 0) is 6.08 Å². The molecule has 0 aromatic carbocycles. The average Bonchev–Trinajstić information content (AvgIpc) is 0.918. The molecule has 0 spiro atoms. The number of rotatable bonds is 0. The van der Waals surface area contributed by atoms with E-state index in [9.17, 15) is 0 Å². The van der Waals surface area contributed by atoms with Crippen LogP contribution < -0.4 is 0 Å². The Bertz CT molecular complexity index is 29.0. The zero-order valence-corrected chi connectivity index (χ0v) is 6.55. The molecular formula is CH3GeNO-. The van der Waals surface area contributed by atoms with Crippen molar-refractivity contribution in [3.05, 3.63) is 5.41 Å². The van der Waals surface area contributed by atoms with E-state index in [0.29, 0.717) is 6.08 Å². The molecule has 0 aromatic rings. The third-order valence-electron chi connectivity index (χ3n) is 0. The smallest absolute Gasteiger partial charge is 0.0159 e. The molecule has 2 nitrogen and oxygen atoms in total. The third kappa shape index (κ3) is 275. The molecule has 0 aliphatic carbocycles. The van der Waals surface area contributed by atoms with Crippen molar-refractivity contribution in [3.63, 3.8) is 0 Å². The van der Waals surface area contributed by atoms with Crippen LogP contribution in [-0.4, -0.2) is 23.7 Å². The summed E-state index contributed by atoms with van der Waals surface area (Å²) < 4.78 is 0. The maximum Gasteiger partial charge on any atom is -0.0159 e. The van der Waals surface area contributed by atoms with Crippen molar-refractivity contribution in [2.24, 2.45) is 0 Å². The Morgan fingerprint density at radius 1 is 1.75 bits per heavy atom. The maximum atomic E-state index is 8.24. The zero-order valence-electron chi connectivity index (χ0n) is 2.36. The summed E-state index contributed by atoms with van der Waals surface area (Å²) in [6.45, 7) is 0. The molecule has 0 amide bonds. The Kier molecular flexibility index (Phi) is 28.8. The molecule has 1 radical (unpaired) electrons. The van der Waals surface area contributed by atoms with Crippen molar-refractivity contribution in [2.75, 3.05) is 0 Å². The first-order chi connectivity index (χ1) is 1.41. The van der Waals surface area contributed by atoms with E-state index in [-0.39, 0.29) is 17.6 Å². The molecule has 0 aromatic heterocycles. The van der Waals surface area contributed by atoms with Crippen LogP contribution in [0.15, 0.2) is 0 Å². The number of nitrogens with zero attached hydrogens (tertiary/aromatic N) is 1. The standard InChI is InChI=1S/CNO.GeH3/c2-1-3;/h;1H3/q-1;. The molecule has 0 bridgehead atoms. The van der Waals surface area contributed by atoms with E-state index in [4.69, 9.17) is 10.2 Å². The van der Waals surface area contributed by atoms with Gasteiger partial charge in [0.15, 0.2) is 0 Å². The van der Waals surface area contributed by atoms with E-state index in [1.807, 2.05) is 0 Å². The van der Waals surface area contributed by atoms with Gasteiger partial charge in [-0.25, -0.2) is 0 Å². The fourth-order valence-electron chi connectivity index (χ4n) is 0. The fraction of sp³-hybridized carbons (Fsp3) is 0. The SMILES string of the molecule is [GeH3].[N-]=C=O. The van der Waals surface area contributed by atoms with Gasteiger partial charge in [0.25, 0.3) is 0 Å². The number of carbonyl (C=O) groups excluding carboxylic acids is 1. The van der Waals surface area contributed by atoms with Gasteiger partial charge in [0.05, 0.1) is 0 Å². The van der Waals surface area contributed by atoms with Crippen LogP contribution in [0, 0.1) is 0 Å². The molecule has 0 fully saturated rings. The van der Waals surface area contributed by atoms with Crippen molar-refractivity contribution in [2.45, 2.75) is 0 Å². The molecule has 0 saturated carbocycles. The first-order valence-corrected chi connectivity index (χ1v) is 0.428. The van der Waals surface area contributed by atoms with Crippen LogP contribution in [0.3, 0.4) is 0 Å². The van der Waals surface area contributed by atoms with Gasteiger partial charge >= 0.3 is 17.6 Å². The molecule has 0 rings (SSSR count). The van der Waals surface area contributed by atoms with Gasteiger partial charge < -0.3 is 5.41 Å². The van der Waals surface area contributed by atoms with E-state index in [1.54, 1.807) is 0 Å². The molecule has 0 unspecified atom stereocenters. The van der Waals surface area contributed by atoms with Gasteiger partial charge in [-0.3, -0.25) is 4.79 Å². The molecule has 0 heterocycles. The molecule has 0 aliphatic rings. The second kappa shape index (κ2) is 12.7. The Balaban J connectivity index is 0. The fourth-order valence-corrected chi connectivity index (χ4v) is 0. The minimum absolute atomic E-state index is 0. The summed E-state index contributed by atoms with van der Waals surface area (Å²) in [7, 11) is 0. The van der Waals surface area contributed by atoms with Gasteiger partial charge in [0.1, 0.15) is 0 Å².